The van der Waals surface area contributed by atoms with Crippen LogP contribution in [0.1, 0.15) is 51.2 Å². The predicted octanol–water partition coefficient (Wildman–Crippen LogP) is 5.10. The number of para-hydroxylation sites is 1. The number of nitrogens with one attached hydrogen (secondary N) is 3. The molecule has 2 aromatic rings. The Balaban J connectivity index is 1.85. The van der Waals surface area contributed by atoms with Crippen molar-refractivity contribution in [3.8, 4) is 5.75 Å². The zero-order valence-corrected chi connectivity index (χ0v) is 23.6. The number of hydrogen-bond acceptors (Lipinski definition) is 4. The van der Waals surface area contributed by atoms with Gasteiger partial charge in [-0.15, -0.1) is 0 Å². The van der Waals surface area contributed by atoms with Crippen LogP contribution < -0.4 is 20.7 Å². The van der Waals surface area contributed by atoms with E-state index in [4.69, 9.17) is 16.3 Å². The van der Waals surface area contributed by atoms with Gasteiger partial charge in [-0.05, 0) is 60.9 Å². The topological polar surface area (TPSA) is 79.5 Å². The van der Waals surface area contributed by atoms with Gasteiger partial charge >= 0.3 is 0 Å². The van der Waals surface area contributed by atoms with E-state index in [1.54, 1.807) is 0 Å². The first-order valence-electron chi connectivity index (χ1n) is 13.8. The van der Waals surface area contributed by atoms with Crippen molar-refractivity contribution in [2.45, 2.75) is 65.0 Å². The van der Waals surface area contributed by atoms with E-state index in [9.17, 15) is 9.59 Å². The zero-order valence-electron chi connectivity index (χ0n) is 22.8. The fourth-order valence-electron chi connectivity index (χ4n) is 4.61. The van der Waals surface area contributed by atoms with Gasteiger partial charge in [0.1, 0.15) is 12.4 Å². The van der Waals surface area contributed by atoms with Crippen molar-refractivity contribution in [3.63, 3.8) is 0 Å². The highest BCUT2D eigenvalue weighted by molar-refractivity contribution is 6.30. The molecule has 1 aliphatic rings. The monoisotopic (exact) mass is 539 g/mol. The summed E-state index contributed by atoms with van der Waals surface area (Å²) in [5.74, 6) is 0.712. The van der Waals surface area contributed by atoms with Crippen LogP contribution in [0.15, 0.2) is 60.7 Å². The number of amides is 2. The molecule has 3 rings (SSSR count). The number of halogens is 1. The number of ether oxygens (including phenoxy) is 1. The minimum Gasteiger partial charge on any atom is -0.492 e. The molecule has 0 spiro atoms. The highest BCUT2D eigenvalue weighted by atomic mass is 35.5. The van der Waals surface area contributed by atoms with E-state index in [0.29, 0.717) is 31.1 Å². The Morgan fingerprint density at radius 2 is 1.84 bits per heavy atom. The molecule has 0 aliphatic carbocycles. The fourth-order valence-corrected chi connectivity index (χ4v) is 4.82. The summed E-state index contributed by atoms with van der Waals surface area (Å²) in [6.07, 6.45) is 7.76. The van der Waals surface area contributed by atoms with Gasteiger partial charge in [0, 0.05) is 24.2 Å². The van der Waals surface area contributed by atoms with Crippen molar-refractivity contribution in [3.05, 3.63) is 76.8 Å². The van der Waals surface area contributed by atoms with E-state index in [0.717, 1.165) is 42.6 Å². The predicted molar refractivity (Wildman–Crippen MR) is 155 cm³/mol. The van der Waals surface area contributed by atoms with E-state index < -0.39 is 6.04 Å². The number of aryl methyl sites for hydroxylation is 1. The lowest BCUT2D eigenvalue weighted by molar-refractivity contribution is -0.124. The Kier molecular flexibility index (Phi) is 12.2. The first-order chi connectivity index (χ1) is 18.4. The van der Waals surface area contributed by atoms with Gasteiger partial charge in [-0.25, -0.2) is 0 Å². The third kappa shape index (κ3) is 9.48. The molecule has 7 heteroatoms. The highest BCUT2D eigenvalue weighted by Crippen LogP contribution is 2.20. The Hall–Kier alpha value is -2.83. The molecule has 0 fully saturated rings. The summed E-state index contributed by atoms with van der Waals surface area (Å²) in [5.41, 5.74) is 2.09. The molecule has 38 heavy (non-hydrogen) atoms. The van der Waals surface area contributed by atoms with Crippen LogP contribution in [0, 0.1) is 11.8 Å². The standard InChI is InChI=1S/C31H42ClN3O3/c1-4-9-25-15-16-27(22(2)3)35-31(37)28(21-23-10-7-13-26(32)20-23)33-18-19-38-29-14-6-5-11-24(29)12-8-17-34-30(25)36/h5-7,10-11,13-16,20,22,25,27-28,33H,4,8-9,12,17-19,21H2,1-3H3,(H,34,36)(H,35,37)/b16-15+/t25-,27+,28-/m1/s1. The Bertz CT molecular complexity index is 1070. The maximum absolute atomic E-state index is 13.5. The van der Waals surface area contributed by atoms with Crippen molar-refractivity contribution in [1.29, 1.82) is 0 Å². The molecule has 1 heterocycles. The highest BCUT2D eigenvalue weighted by Gasteiger charge is 2.23. The molecule has 0 saturated carbocycles. The van der Waals surface area contributed by atoms with Gasteiger partial charge in [-0.3, -0.25) is 9.59 Å². The molecule has 0 aromatic heterocycles. The van der Waals surface area contributed by atoms with Gasteiger partial charge in [0.25, 0.3) is 0 Å². The molecule has 0 saturated heterocycles. The quantitative estimate of drug-likeness (QED) is 0.462. The van der Waals surface area contributed by atoms with Crippen LogP contribution in [0.3, 0.4) is 0 Å². The summed E-state index contributed by atoms with van der Waals surface area (Å²) in [6, 6.07) is 14.9. The van der Waals surface area contributed by atoms with Crippen LogP contribution in [0.25, 0.3) is 0 Å². The lowest BCUT2D eigenvalue weighted by atomic mass is 9.97. The minimum absolute atomic E-state index is 0.0306. The maximum atomic E-state index is 13.5. The zero-order chi connectivity index (χ0) is 27.3. The Morgan fingerprint density at radius 3 is 2.61 bits per heavy atom. The first kappa shape index (κ1) is 29.7. The van der Waals surface area contributed by atoms with E-state index in [2.05, 4.69) is 42.8 Å². The fraction of sp³-hybridized carbons (Fsp3) is 0.484. The number of hydrogen-bond donors (Lipinski definition) is 3. The third-order valence-corrected chi connectivity index (χ3v) is 7.04. The number of carbonyl (C=O) groups excluding carboxylic acids is 2. The van der Waals surface area contributed by atoms with Gasteiger partial charge in [0.15, 0.2) is 0 Å². The van der Waals surface area contributed by atoms with Gasteiger partial charge in [0.2, 0.25) is 11.8 Å². The molecule has 0 radical (unpaired) electrons. The summed E-state index contributed by atoms with van der Waals surface area (Å²) in [6.45, 7) is 7.78. The van der Waals surface area contributed by atoms with Crippen molar-refractivity contribution < 1.29 is 14.3 Å². The minimum atomic E-state index is -0.462. The second kappa shape index (κ2) is 15.6. The van der Waals surface area contributed by atoms with Gasteiger partial charge in [-0.2, -0.15) is 0 Å². The third-order valence-electron chi connectivity index (χ3n) is 6.80. The van der Waals surface area contributed by atoms with Crippen LogP contribution >= 0.6 is 11.6 Å². The summed E-state index contributed by atoms with van der Waals surface area (Å²) >= 11 is 6.21. The number of benzene rings is 2. The van der Waals surface area contributed by atoms with Gasteiger partial charge in [-0.1, -0.05) is 81.3 Å². The van der Waals surface area contributed by atoms with Gasteiger partial charge < -0.3 is 20.7 Å². The Labute approximate surface area is 232 Å². The smallest absolute Gasteiger partial charge is 0.237 e. The van der Waals surface area contributed by atoms with Crippen molar-refractivity contribution >= 4 is 23.4 Å². The molecule has 6 nitrogen and oxygen atoms in total. The average molecular weight is 540 g/mol. The summed E-state index contributed by atoms with van der Waals surface area (Å²) in [4.78, 5) is 26.5. The largest absolute Gasteiger partial charge is 0.492 e. The van der Waals surface area contributed by atoms with Crippen molar-refractivity contribution in [2.24, 2.45) is 11.8 Å². The molecule has 3 N–H and O–H groups in total. The molecule has 206 valence electrons. The van der Waals surface area contributed by atoms with Crippen molar-refractivity contribution in [1.82, 2.24) is 16.0 Å². The average Bonchev–Trinajstić information content (AvgIpc) is 2.89. The molecule has 3 atom stereocenters. The lowest BCUT2D eigenvalue weighted by Crippen LogP contribution is -2.50. The maximum Gasteiger partial charge on any atom is 0.237 e. The number of rotatable bonds is 5. The second-order valence-electron chi connectivity index (χ2n) is 10.2. The molecule has 0 unspecified atom stereocenters. The van der Waals surface area contributed by atoms with E-state index in [-0.39, 0.29) is 29.7 Å². The molecule has 2 aromatic carbocycles. The normalized spacial score (nSPS) is 22.8. The first-order valence-corrected chi connectivity index (χ1v) is 14.2. The van der Waals surface area contributed by atoms with E-state index >= 15 is 0 Å². The lowest BCUT2D eigenvalue weighted by Gasteiger charge is -2.25. The van der Waals surface area contributed by atoms with Crippen LogP contribution in [-0.4, -0.2) is 43.6 Å². The Morgan fingerprint density at radius 1 is 1.03 bits per heavy atom. The van der Waals surface area contributed by atoms with Crippen LogP contribution in [0.5, 0.6) is 5.75 Å². The van der Waals surface area contributed by atoms with E-state index in [1.165, 1.54) is 0 Å². The van der Waals surface area contributed by atoms with E-state index in [1.807, 2.05) is 54.6 Å². The van der Waals surface area contributed by atoms with Crippen LogP contribution in [0.4, 0.5) is 0 Å². The SMILES string of the molecule is CCC[C@@H]1/C=C/[C@@H](C(C)C)NC(=O)[C@@H](Cc2cccc(Cl)c2)NCCOc2ccccc2CCCNC1=O. The number of carbonyl (C=O) groups is 2. The molecular weight excluding hydrogens is 498 g/mol. The molecule has 0 bridgehead atoms. The molecular formula is C31H42ClN3O3. The number of fused-ring (bicyclic) bond motifs is 1. The summed E-state index contributed by atoms with van der Waals surface area (Å²) in [5, 5.41) is 10.4. The van der Waals surface area contributed by atoms with Gasteiger partial charge in [0.05, 0.1) is 12.0 Å². The summed E-state index contributed by atoms with van der Waals surface area (Å²) < 4.78 is 6.10. The van der Waals surface area contributed by atoms with Crippen molar-refractivity contribution in [2.75, 3.05) is 19.7 Å². The molecule has 1 aliphatic heterocycles. The van der Waals surface area contributed by atoms with Crippen LogP contribution in [-0.2, 0) is 22.4 Å². The molecule has 2 amide bonds. The second-order valence-corrected chi connectivity index (χ2v) is 10.7. The van der Waals surface area contributed by atoms with Crippen LogP contribution in [0.2, 0.25) is 5.02 Å². The summed E-state index contributed by atoms with van der Waals surface area (Å²) in [7, 11) is 0.